The second-order valence-electron chi connectivity index (χ2n) is 3.48. The van der Waals surface area contributed by atoms with E-state index < -0.39 is 15.8 Å². The van der Waals surface area contributed by atoms with E-state index in [1.807, 2.05) is 0 Å². The highest BCUT2D eigenvalue weighted by atomic mass is 35.6. The first-order valence-electron chi connectivity index (χ1n) is 5.16. The van der Waals surface area contributed by atoms with Gasteiger partial charge in [0.15, 0.2) is 6.10 Å². The van der Waals surface area contributed by atoms with Crippen molar-refractivity contribution >= 4 is 40.7 Å². The summed E-state index contributed by atoms with van der Waals surface area (Å²) in [5.41, 5.74) is 0. The first-order valence-corrected chi connectivity index (χ1v) is 6.29. The molecule has 1 N–H and O–H groups in total. The van der Waals surface area contributed by atoms with E-state index in [9.17, 15) is 4.39 Å². The topological polar surface area (TPSA) is 42.3 Å². The SMILES string of the molecule is C=CC(COc1ccc(F)cc1)OC(=N)C(Cl)(Cl)Cl. The van der Waals surface area contributed by atoms with Crippen LogP contribution in [0.2, 0.25) is 0 Å². The molecule has 0 spiro atoms. The van der Waals surface area contributed by atoms with Crippen molar-refractivity contribution in [3.8, 4) is 5.75 Å². The predicted octanol–water partition coefficient (Wildman–Crippen LogP) is 4.12. The molecule has 0 aliphatic rings. The van der Waals surface area contributed by atoms with Gasteiger partial charge in [-0.25, -0.2) is 4.39 Å². The van der Waals surface area contributed by atoms with E-state index in [0.717, 1.165) is 0 Å². The molecule has 1 aromatic rings. The number of rotatable bonds is 5. The zero-order valence-corrected chi connectivity index (χ0v) is 12.0. The summed E-state index contributed by atoms with van der Waals surface area (Å²) in [5, 5.41) is 7.41. The molecular weight excluding hydrogens is 315 g/mol. The van der Waals surface area contributed by atoms with E-state index in [1.165, 1.54) is 30.3 Å². The maximum atomic E-state index is 12.7. The summed E-state index contributed by atoms with van der Waals surface area (Å²) < 4.78 is 21.2. The first kappa shape index (κ1) is 16.1. The minimum absolute atomic E-state index is 0.0538. The van der Waals surface area contributed by atoms with Crippen LogP contribution in [0.25, 0.3) is 0 Å². The lowest BCUT2D eigenvalue weighted by Gasteiger charge is -2.20. The van der Waals surface area contributed by atoms with Gasteiger partial charge in [0.2, 0.25) is 5.90 Å². The molecule has 0 aliphatic carbocycles. The molecule has 3 nitrogen and oxygen atoms in total. The molecule has 1 unspecified atom stereocenters. The van der Waals surface area contributed by atoms with Crippen LogP contribution in [0.1, 0.15) is 0 Å². The third-order valence-electron chi connectivity index (χ3n) is 2.02. The van der Waals surface area contributed by atoms with Gasteiger partial charge in [-0.2, -0.15) is 0 Å². The Kier molecular flexibility index (Phi) is 5.91. The van der Waals surface area contributed by atoms with Crippen LogP contribution >= 0.6 is 34.8 Å². The van der Waals surface area contributed by atoms with Crippen molar-refractivity contribution < 1.29 is 13.9 Å². The molecule has 104 valence electrons. The van der Waals surface area contributed by atoms with Crippen LogP contribution < -0.4 is 4.74 Å². The van der Waals surface area contributed by atoms with Gasteiger partial charge in [0.1, 0.15) is 18.2 Å². The molecule has 7 heteroatoms. The Morgan fingerprint density at radius 1 is 1.37 bits per heavy atom. The first-order chi connectivity index (χ1) is 8.82. The van der Waals surface area contributed by atoms with Gasteiger partial charge >= 0.3 is 0 Å². The Labute approximate surface area is 125 Å². The normalized spacial score (nSPS) is 12.6. The second-order valence-corrected chi connectivity index (χ2v) is 5.77. The van der Waals surface area contributed by atoms with E-state index >= 15 is 0 Å². The quantitative estimate of drug-likeness (QED) is 0.383. The summed E-state index contributed by atoms with van der Waals surface area (Å²) in [6, 6.07) is 5.47. The lowest BCUT2D eigenvalue weighted by atomic mass is 10.3. The fraction of sp³-hybridized carbons (Fsp3) is 0.250. The van der Waals surface area contributed by atoms with Crippen molar-refractivity contribution in [1.82, 2.24) is 0 Å². The minimum atomic E-state index is -1.93. The van der Waals surface area contributed by atoms with Gasteiger partial charge < -0.3 is 9.47 Å². The minimum Gasteiger partial charge on any atom is -0.489 e. The highest BCUT2D eigenvalue weighted by Crippen LogP contribution is 2.28. The Hall–Kier alpha value is -0.970. The molecule has 1 aromatic carbocycles. The fourth-order valence-corrected chi connectivity index (χ4v) is 1.21. The number of hydrogen-bond donors (Lipinski definition) is 1. The van der Waals surface area contributed by atoms with Crippen LogP contribution in [0, 0.1) is 11.2 Å². The summed E-state index contributed by atoms with van der Waals surface area (Å²) in [7, 11) is 0. The van der Waals surface area contributed by atoms with E-state index in [2.05, 4.69) is 6.58 Å². The summed E-state index contributed by atoms with van der Waals surface area (Å²) in [6.07, 6.45) is 0.752. The second kappa shape index (κ2) is 6.98. The number of alkyl halides is 3. The molecule has 1 rings (SSSR count). The molecular formula is C12H11Cl3FNO2. The van der Waals surface area contributed by atoms with Gasteiger partial charge in [0.25, 0.3) is 3.79 Å². The summed E-state index contributed by atoms with van der Waals surface area (Å²) in [5.74, 6) is -0.427. The average Bonchev–Trinajstić information content (AvgIpc) is 2.35. The van der Waals surface area contributed by atoms with Crippen LogP contribution in [0.4, 0.5) is 4.39 Å². The number of hydrogen-bond acceptors (Lipinski definition) is 3. The van der Waals surface area contributed by atoms with Gasteiger partial charge in [-0.15, -0.1) is 0 Å². The maximum absolute atomic E-state index is 12.7. The summed E-state index contributed by atoms with van der Waals surface area (Å²) >= 11 is 16.5. The molecule has 0 saturated carbocycles. The number of benzene rings is 1. The van der Waals surface area contributed by atoms with Gasteiger partial charge in [0.05, 0.1) is 0 Å². The number of nitrogens with one attached hydrogen (secondary N) is 1. The monoisotopic (exact) mass is 325 g/mol. The smallest absolute Gasteiger partial charge is 0.265 e. The number of halogens is 4. The third-order valence-corrected chi connectivity index (χ3v) is 2.53. The third kappa shape index (κ3) is 5.68. The van der Waals surface area contributed by atoms with Crippen molar-refractivity contribution in [2.75, 3.05) is 6.61 Å². The van der Waals surface area contributed by atoms with Crippen molar-refractivity contribution in [3.63, 3.8) is 0 Å². The lowest BCUT2D eigenvalue weighted by molar-refractivity contribution is 0.151. The van der Waals surface area contributed by atoms with Gasteiger partial charge in [-0.05, 0) is 30.3 Å². The van der Waals surface area contributed by atoms with Crippen molar-refractivity contribution in [2.24, 2.45) is 0 Å². The largest absolute Gasteiger partial charge is 0.489 e. The zero-order valence-electron chi connectivity index (χ0n) is 9.71. The van der Waals surface area contributed by atoms with E-state index in [4.69, 9.17) is 49.7 Å². The predicted molar refractivity (Wildman–Crippen MR) is 75.0 cm³/mol. The van der Waals surface area contributed by atoms with Crippen molar-refractivity contribution in [3.05, 3.63) is 42.7 Å². The Balaban J connectivity index is 2.51. The molecule has 0 heterocycles. The Morgan fingerprint density at radius 3 is 2.42 bits per heavy atom. The molecule has 19 heavy (non-hydrogen) atoms. The summed E-state index contributed by atoms with van der Waals surface area (Å²) in [6.45, 7) is 3.59. The standard InChI is InChI=1S/C12H11Cl3FNO2/c1-2-9(19-11(17)12(13,14)15)7-18-10-5-3-8(16)4-6-10/h2-6,9,17H,1,7H2. The average molecular weight is 327 g/mol. The highest BCUT2D eigenvalue weighted by molar-refractivity contribution is 6.76. The lowest BCUT2D eigenvalue weighted by Crippen LogP contribution is -2.29. The van der Waals surface area contributed by atoms with E-state index in [1.54, 1.807) is 0 Å². The molecule has 0 aromatic heterocycles. The van der Waals surface area contributed by atoms with Crippen molar-refractivity contribution in [2.45, 2.75) is 9.90 Å². The maximum Gasteiger partial charge on any atom is 0.265 e. The molecule has 0 aliphatic heterocycles. The van der Waals surface area contributed by atoms with Crippen LogP contribution in [0.15, 0.2) is 36.9 Å². The molecule has 0 amide bonds. The van der Waals surface area contributed by atoms with Crippen LogP contribution in [-0.2, 0) is 4.74 Å². The van der Waals surface area contributed by atoms with Crippen LogP contribution in [0.5, 0.6) is 5.75 Å². The van der Waals surface area contributed by atoms with Gasteiger partial charge in [-0.3, -0.25) is 5.41 Å². The fourth-order valence-electron chi connectivity index (χ4n) is 1.08. The molecule has 0 saturated heterocycles. The Morgan fingerprint density at radius 2 is 1.95 bits per heavy atom. The van der Waals surface area contributed by atoms with Crippen LogP contribution in [0.3, 0.4) is 0 Å². The van der Waals surface area contributed by atoms with Gasteiger partial charge in [0, 0.05) is 0 Å². The van der Waals surface area contributed by atoms with Crippen molar-refractivity contribution in [1.29, 1.82) is 5.41 Å². The molecule has 0 fully saturated rings. The number of ether oxygens (including phenoxy) is 2. The zero-order chi connectivity index (χ0) is 14.5. The molecule has 0 radical (unpaired) electrons. The highest BCUT2D eigenvalue weighted by Gasteiger charge is 2.30. The van der Waals surface area contributed by atoms with E-state index in [-0.39, 0.29) is 12.4 Å². The van der Waals surface area contributed by atoms with Gasteiger partial charge in [-0.1, -0.05) is 41.4 Å². The van der Waals surface area contributed by atoms with E-state index in [0.29, 0.717) is 5.75 Å². The molecule has 1 atom stereocenters. The summed E-state index contributed by atoms with van der Waals surface area (Å²) in [4.78, 5) is 0. The van der Waals surface area contributed by atoms with Crippen LogP contribution in [-0.4, -0.2) is 22.4 Å². The Bertz CT molecular complexity index is 445. The molecule has 0 bridgehead atoms.